The minimum Gasteiger partial charge on any atom is -0.369 e. The molecule has 0 bridgehead atoms. The number of piperazine rings is 1. The van der Waals surface area contributed by atoms with Gasteiger partial charge in [0.1, 0.15) is 6.07 Å². The second-order valence-corrected chi connectivity index (χ2v) is 6.27. The van der Waals surface area contributed by atoms with Crippen LogP contribution in [0.15, 0.2) is 47.1 Å². The third kappa shape index (κ3) is 4.78. The summed E-state index contributed by atoms with van der Waals surface area (Å²) in [5, 5.41) is 17.6. The van der Waals surface area contributed by atoms with Crippen LogP contribution in [0.1, 0.15) is 12.5 Å². The van der Waals surface area contributed by atoms with Crippen LogP contribution < -0.4 is 10.2 Å². The van der Waals surface area contributed by atoms with Gasteiger partial charge >= 0.3 is 0 Å². The van der Waals surface area contributed by atoms with Crippen molar-refractivity contribution in [3.63, 3.8) is 0 Å². The van der Waals surface area contributed by atoms with E-state index in [1.54, 1.807) is 13.0 Å². The number of nitrogens with one attached hydrogen (secondary N) is 1. The second kappa shape index (κ2) is 9.39. The van der Waals surface area contributed by atoms with Gasteiger partial charge in [-0.25, -0.2) is 4.89 Å². The molecule has 0 amide bonds. The molecule has 0 saturated carbocycles. The number of nitriles is 1. The monoisotopic (exact) mass is 383 g/mol. The van der Waals surface area contributed by atoms with E-state index in [0.717, 1.165) is 36.9 Å². The van der Waals surface area contributed by atoms with E-state index in [2.05, 4.69) is 39.6 Å². The van der Waals surface area contributed by atoms with Crippen LogP contribution in [0.3, 0.4) is 0 Å². The first-order valence-corrected chi connectivity index (χ1v) is 9.21. The summed E-state index contributed by atoms with van der Waals surface area (Å²) >= 11 is 5.28. The Morgan fingerprint density at radius 1 is 1.30 bits per heavy atom. The topological polar surface area (TPSA) is 73.1 Å². The quantitative estimate of drug-likeness (QED) is 0.350. The molecule has 2 aliphatic heterocycles. The molecule has 8 heteroatoms. The number of rotatable bonds is 6. The highest BCUT2D eigenvalue weighted by Gasteiger charge is 2.27. The number of anilines is 1. The predicted molar refractivity (Wildman–Crippen MR) is 109 cm³/mol. The fourth-order valence-electron chi connectivity index (χ4n) is 2.76. The number of nitrogens with zero attached hydrogens (tertiary/aromatic N) is 4. The fraction of sp³-hybridized carbons (Fsp3) is 0.316. The number of allylic oxidation sites excluding steroid dienone is 2. The van der Waals surface area contributed by atoms with Crippen LogP contribution in [0.2, 0.25) is 0 Å². The summed E-state index contributed by atoms with van der Waals surface area (Å²) in [5.41, 5.74) is 3.01. The van der Waals surface area contributed by atoms with E-state index in [4.69, 9.17) is 22.1 Å². The zero-order chi connectivity index (χ0) is 19.1. The molecule has 7 nitrogen and oxygen atoms in total. The van der Waals surface area contributed by atoms with Crippen LogP contribution in [-0.4, -0.2) is 48.7 Å². The lowest BCUT2D eigenvalue weighted by molar-refractivity contribution is -0.398. The molecule has 1 N–H and O–H groups in total. The number of thiocarbonyl (C=S) groups is 1. The molecule has 0 radical (unpaired) electrons. The van der Waals surface area contributed by atoms with Gasteiger partial charge in [-0.1, -0.05) is 46.7 Å². The lowest BCUT2D eigenvalue weighted by Gasteiger charge is -2.29. The van der Waals surface area contributed by atoms with Crippen molar-refractivity contribution in [2.75, 3.05) is 37.7 Å². The van der Waals surface area contributed by atoms with E-state index < -0.39 is 0 Å². The van der Waals surface area contributed by atoms with Gasteiger partial charge in [0.05, 0.1) is 12.2 Å². The third-order valence-electron chi connectivity index (χ3n) is 4.12. The Bertz CT molecular complexity index is 804. The van der Waals surface area contributed by atoms with Crippen molar-refractivity contribution in [2.45, 2.75) is 6.92 Å². The molecule has 0 aromatic heterocycles. The fourth-order valence-corrected chi connectivity index (χ4v) is 2.99. The van der Waals surface area contributed by atoms with Crippen molar-refractivity contribution in [2.24, 2.45) is 5.10 Å². The summed E-state index contributed by atoms with van der Waals surface area (Å²) in [4.78, 5) is 12.4. The summed E-state index contributed by atoms with van der Waals surface area (Å²) in [7, 11) is 0. The van der Waals surface area contributed by atoms with E-state index in [1.165, 1.54) is 5.69 Å². The van der Waals surface area contributed by atoms with Gasteiger partial charge in [-0.3, -0.25) is 0 Å². The molecule has 0 atom stereocenters. The Labute approximate surface area is 164 Å². The molecular formula is C19H21N5O2S. The molecule has 1 aromatic carbocycles. The van der Waals surface area contributed by atoms with Crippen molar-refractivity contribution in [1.29, 1.82) is 5.26 Å². The maximum absolute atomic E-state index is 9.23. The van der Waals surface area contributed by atoms with E-state index in [0.29, 0.717) is 17.2 Å². The van der Waals surface area contributed by atoms with E-state index >= 15 is 0 Å². The van der Waals surface area contributed by atoms with Gasteiger partial charge in [0.2, 0.25) is 0 Å². The molecule has 0 unspecified atom stereocenters. The molecule has 1 fully saturated rings. The number of hydrogen-bond donors (Lipinski definition) is 1. The lowest BCUT2D eigenvalue weighted by Crippen LogP contribution is -2.43. The molecule has 0 spiro atoms. The molecule has 27 heavy (non-hydrogen) atoms. The summed E-state index contributed by atoms with van der Waals surface area (Å²) in [6, 6.07) is 10.4. The first-order chi connectivity index (χ1) is 13.2. The Morgan fingerprint density at radius 2 is 2.04 bits per heavy atom. The molecular weight excluding hydrogens is 362 g/mol. The Morgan fingerprint density at radius 3 is 2.70 bits per heavy atom. The van der Waals surface area contributed by atoms with E-state index in [1.807, 2.05) is 18.2 Å². The zero-order valence-corrected chi connectivity index (χ0v) is 15.9. The Hall–Kier alpha value is -2.57. The van der Waals surface area contributed by atoms with Crippen molar-refractivity contribution < 1.29 is 9.88 Å². The highest BCUT2D eigenvalue weighted by molar-refractivity contribution is 7.80. The van der Waals surface area contributed by atoms with Crippen molar-refractivity contribution in [1.82, 2.24) is 10.5 Å². The van der Waals surface area contributed by atoms with Crippen molar-refractivity contribution in [3.8, 4) is 6.07 Å². The molecule has 2 aliphatic rings. The van der Waals surface area contributed by atoms with Gasteiger partial charge in [0.25, 0.3) is 0 Å². The normalized spacial score (nSPS) is 19.0. The van der Waals surface area contributed by atoms with E-state index in [9.17, 15) is 5.26 Å². The van der Waals surface area contributed by atoms with Gasteiger partial charge in [0.15, 0.2) is 10.7 Å². The standard InChI is InChI=1S/C19H21N5O2S/c1-2-25-26-24-19(27)17(18(14-20)22-24)5-3-4-15-6-8-16(9-7-15)23-12-10-21-11-13-23/h3-9,21H,2,10-13H2,1H3/b4-3+,17-5-. The SMILES string of the molecule is CCOON1N=C(C#N)/C(=C/C=C/c2ccc(N3CCNCC3)cc2)C1=S. The van der Waals surface area contributed by atoms with Crippen LogP contribution in [0, 0.1) is 11.3 Å². The number of hydrogen-bond acceptors (Lipinski definition) is 7. The van der Waals surface area contributed by atoms with Gasteiger partial charge in [-0.15, -0.1) is 5.10 Å². The smallest absolute Gasteiger partial charge is 0.173 e. The predicted octanol–water partition coefficient (Wildman–Crippen LogP) is 2.44. The lowest BCUT2D eigenvalue weighted by atomic mass is 10.1. The van der Waals surface area contributed by atoms with Gasteiger partial charge in [-0.2, -0.15) is 5.26 Å². The first kappa shape index (κ1) is 19.2. The summed E-state index contributed by atoms with van der Waals surface area (Å²) in [6.07, 6.45) is 5.56. The van der Waals surface area contributed by atoms with Crippen LogP contribution in [-0.2, 0) is 9.88 Å². The molecule has 1 saturated heterocycles. The molecule has 140 valence electrons. The summed E-state index contributed by atoms with van der Waals surface area (Å²) in [6.45, 7) is 6.20. The average molecular weight is 383 g/mol. The van der Waals surface area contributed by atoms with Crippen LogP contribution >= 0.6 is 12.2 Å². The van der Waals surface area contributed by atoms with Crippen molar-refractivity contribution in [3.05, 3.63) is 47.6 Å². The Balaban J connectivity index is 1.66. The van der Waals surface area contributed by atoms with Gasteiger partial charge in [-0.05, 0) is 30.7 Å². The minimum absolute atomic E-state index is 0.193. The highest BCUT2D eigenvalue weighted by atomic mass is 32.1. The average Bonchev–Trinajstić information content (AvgIpc) is 3.02. The zero-order valence-electron chi connectivity index (χ0n) is 15.1. The van der Waals surface area contributed by atoms with E-state index in [-0.39, 0.29) is 5.71 Å². The highest BCUT2D eigenvalue weighted by Crippen LogP contribution is 2.19. The molecule has 0 aliphatic carbocycles. The minimum atomic E-state index is 0.193. The largest absolute Gasteiger partial charge is 0.369 e. The van der Waals surface area contributed by atoms with Crippen LogP contribution in [0.5, 0.6) is 0 Å². The van der Waals surface area contributed by atoms with Crippen molar-refractivity contribution >= 4 is 34.7 Å². The number of benzene rings is 1. The van der Waals surface area contributed by atoms with Gasteiger partial charge < -0.3 is 10.2 Å². The molecule has 3 rings (SSSR count). The number of hydroxylamine groups is 1. The maximum atomic E-state index is 9.23. The molecule has 2 heterocycles. The summed E-state index contributed by atoms with van der Waals surface area (Å²) < 4.78 is 0. The third-order valence-corrected chi connectivity index (χ3v) is 4.50. The maximum Gasteiger partial charge on any atom is 0.173 e. The van der Waals surface area contributed by atoms with Crippen LogP contribution in [0.4, 0.5) is 5.69 Å². The summed E-state index contributed by atoms with van der Waals surface area (Å²) in [5.74, 6) is 0. The molecule has 1 aromatic rings. The second-order valence-electron chi connectivity index (χ2n) is 5.89. The van der Waals surface area contributed by atoms with Crippen LogP contribution in [0.25, 0.3) is 6.08 Å². The Kier molecular flexibility index (Phi) is 6.68. The number of hydrazone groups is 1. The first-order valence-electron chi connectivity index (χ1n) is 8.80. The van der Waals surface area contributed by atoms with Gasteiger partial charge in [0, 0.05) is 31.9 Å².